The van der Waals surface area contributed by atoms with Gasteiger partial charge in [0.2, 0.25) is 0 Å². The highest BCUT2D eigenvalue weighted by Gasteiger charge is 2.32. The van der Waals surface area contributed by atoms with Crippen LogP contribution in [0.3, 0.4) is 0 Å². The summed E-state index contributed by atoms with van der Waals surface area (Å²) in [6.45, 7) is 11.2. The SMILES string of the molecule is CCNC(=NCC(c1cccs1)N1CCOCC1)NCC1CN2CCCC2CO1. The Labute approximate surface area is 178 Å². The van der Waals surface area contributed by atoms with Gasteiger partial charge in [-0.2, -0.15) is 0 Å². The molecule has 3 unspecified atom stereocenters. The summed E-state index contributed by atoms with van der Waals surface area (Å²) in [5, 5.41) is 9.08. The van der Waals surface area contributed by atoms with Crippen molar-refractivity contribution in [1.29, 1.82) is 0 Å². The zero-order chi connectivity index (χ0) is 19.9. The highest BCUT2D eigenvalue weighted by Crippen LogP contribution is 2.26. The van der Waals surface area contributed by atoms with Crippen LogP contribution in [0.4, 0.5) is 0 Å². The van der Waals surface area contributed by atoms with Crippen molar-refractivity contribution >= 4 is 17.3 Å². The van der Waals surface area contributed by atoms with E-state index in [1.165, 1.54) is 24.3 Å². The van der Waals surface area contributed by atoms with Crippen LogP contribution in [0.25, 0.3) is 0 Å². The van der Waals surface area contributed by atoms with Gasteiger partial charge in [-0.1, -0.05) is 6.07 Å². The number of thiophene rings is 1. The van der Waals surface area contributed by atoms with Gasteiger partial charge in [-0.3, -0.25) is 14.8 Å². The Hall–Kier alpha value is -1.19. The smallest absolute Gasteiger partial charge is 0.191 e. The van der Waals surface area contributed by atoms with Crippen molar-refractivity contribution in [3.63, 3.8) is 0 Å². The summed E-state index contributed by atoms with van der Waals surface area (Å²) in [6.07, 6.45) is 2.83. The zero-order valence-electron chi connectivity index (χ0n) is 17.5. The van der Waals surface area contributed by atoms with Crippen molar-refractivity contribution in [2.45, 2.75) is 38.0 Å². The highest BCUT2D eigenvalue weighted by molar-refractivity contribution is 7.10. The molecule has 0 amide bonds. The van der Waals surface area contributed by atoms with Gasteiger partial charge in [0, 0.05) is 43.6 Å². The second kappa shape index (κ2) is 10.7. The molecule has 4 rings (SSSR count). The number of morpholine rings is 2. The van der Waals surface area contributed by atoms with Crippen LogP contribution in [0.2, 0.25) is 0 Å². The Kier molecular flexibility index (Phi) is 7.79. The number of ether oxygens (including phenoxy) is 2. The summed E-state index contributed by atoms with van der Waals surface area (Å²) in [6, 6.07) is 5.31. The van der Waals surface area contributed by atoms with E-state index in [0.29, 0.717) is 12.1 Å². The maximum Gasteiger partial charge on any atom is 0.191 e. The van der Waals surface area contributed by atoms with Crippen molar-refractivity contribution in [2.75, 3.05) is 65.6 Å². The standard InChI is InChI=1S/C21H35N5O2S/c1-2-22-21(23-13-18-15-26-7-3-5-17(26)16-28-18)24-14-19(20-6-4-12-29-20)25-8-10-27-11-9-25/h4,6,12,17-19H,2-3,5,7-11,13-16H2,1H3,(H2,22,23,24). The molecule has 2 N–H and O–H groups in total. The molecule has 0 bridgehead atoms. The first kappa shape index (κ1) is 21.1. The molecule has 29 heavy (non-hydrogen) atoms. The molecule has 3 atom stereocenters. The third-order valence-electron chi connectivity index (χ3n) is 6.08. The van der Waals surface area contributed by atoms with Crippen molar-refractivity contribution < 1.29 is 9.47 Å². The number of hydrogen-bond acceptors (Lipinski definition) is 6. The average Bonchev–Trinajstić information content (AvgIpc) is 3.44. The van der Waals surface area contributed by atoms with Crippen LogP contribution in [0.5, 0.6) is 0 Å². The number of nitrogens with zero attached hydrogens (tertiary/aromatic N) is 3. The van der Waals surface area contributed by atoms with E-state index in [-0.39, 0.29) is 6.10 Å². The van der Waals surface area contributed by atoms with E-state index in [1.807, 2.05) is 11.3 Å². The number of hydrogen-bond donors (Lipinski definition) is 2. The molecule has 7 nitrogen and oxygen atoms in total. The normalized spacial score (nSPS) is 27.6. The summed E-state index contributed by atoms with van der Waals surface area (Å²) in [5.41, 5.74) is 0. The lowest BCUT2D eigenvalue weighted by Gasteiger charge is -2.35. The molecule has 0 saturated carbocycles. The zero-order valence-corrected chi connectivity index (χ0v) is 18.3. The third kappa shape index (κ3) is 5.70. The first-order valence-corrected chi connectivity index (χ1v) is 11.9. The first-order chi connectivity index (χ1) is 14.3. The topological polar surface area (TPSA) is 61.4 Å². The molecule has 0 aliphatic carbocycles. The predicted molar refractivity (Wildman–Crippen MR) is 118 cm³/mol. The largest absolute Gasteiger partial charge is 0.379 e. The van der Waals surface area contributed by atoms with Crippen LogP contribution >= 0.6 is 11.3 Å². The maximum absolute atomic E-state index is 6.09. The molecular weight excluding hydrogens is 386 g/mol. The van der Waals surface area contributed by atoms with Crippen molar-refractivity contribution in [1.82, 2.24) is 20.4 Å². The van der Waals surface area contributed by atoms with Crippen molar-refractivity contribution in [3.05, 3.63) is 22.4 Å². The van der Waals surface area contributed by atoms with Gasteiger partial charge in [0.25, 0.3) is 0 Å². The van der Waals surface area contributed by atoms with Crippen molar-refractivity contribution in [2.24, 2.45) is 4.99 Å². The van der Waals surface area contributed by atoms with E-state index in [0.717, 1.165) is 65.0 Å². The minimum atomic E-state index is 0.237. The second-order valence-electron chi connectivity index (χ2n) is 8.03. The van der Waals surface area contributed by atoms with E-state index >= 15 is 0 Å². The molecule has 1 aromatic rings. The molecule has 3 fully saturated rings. The summed E-state index contributed by atoms with van der Waals surface area (Å²) >= 11 is 1.82. The van der Waals surface area contributed by atoms with Gasteiger partial charge in [-0.25, -0.2) is 0 Å². The highest BCUT2D eigenvalue weighted by atomic mass is 32.1. The summed E-state index contributed by atoms with van der Waals surface area (Å²) in [4.78, 5) is 11.4. The number of fused-ring (bicyclic) bond motifs is 1. The molecule has 3 saturated heterocycles. The Morgan fingerprint density at radius 3 is 3.00 bits per heavy atom. The number of nitrogens with one attached hydrogen (secondary N) is 2. The van der Waals surface area contributed by atoms with Crippen LogP contribution < -0.4 is 10.6 Å². The molecule has 3 aliphatic rings. The van der Waals surface area contributed by atoms with Crippen molar-refractivity contribution in [3.8, 4) is 0 Å². The lowest BCUT2D eigenvalue weighted by Crippen LogP contribution is -2.51. The van der Waals surface area contributed by atoms with Gasteiger partial charge >= 0.3 is 0 Å². The van der Waals surface area contributed by atoms with Crippen LogP contribution in [0.15, 0.2) is 22.5 Å². The Morgan fingerprint density at radius 1 is 1.31 bits per heavy atom. The van der Waals surface area contributed by atoms with Gasteiger partial charge in [0.15, 0.2) is 5.96 Å². The monoisotopic (exact) mass is 421 g/mol. The Balaban J connectivity index is 1.34. The fraction of sp³-hybridized carbons (Fsp3) is 0.762. The molecule has 4 heterocycles. The van der Waals surface area contributed by atoms with Gasteiger partial charge < -0.3 is 20.1 Å². The van der Waals surface area contributed by atoms with Crippen LogP contribution in [0, 0.1) is 0 Å². The van der Waals surface area contributed by atoms with Gasteiger partial charge in [-0.15, -0.1) is 11.3 Å². The predicted octanol–water partition coefficient (Wildman–Crippen LogP) is 1.54. The third-order valence-corrected chi connectivity index (χ3v) is 7.06. The Morgan fingerprint density at radius 2 is 2.21 bits per heavy atom. The summed E-state index contributed by atoms with van der Waals surface area (Å²) in [5.74, 6) is 0.884. The van der Waals surface area contributed by atoms with Gasteiger partial charge in [0.05, 0.1) is 38.5 Å². The number of guanidine groups is 1. The fourth-order valence-corrected chi connectivity index (χ4v) is 5.35. The van der Waals surface area contributed by atoms with E-state index < -0.39 is 0 Å². The van der Waals surface area contributed by atoms with E-state index in [2.05, 4.69) is 44.9 Å². The average molecular weight is 422 g/mol. The second-order valence-corrected chi connectivity index (χ2v) is 9.01. The number of rotatable bonds is 7. The summed E-state index contributed by atoms with van der Waals surface area (Å²) < 4.78 is 11.6. The molecule has 0 aromatic carbocycles. The van der Waals surface area contributed by atoms with E-state index in [4.69, 9.17) is 14.5 Å². The molecule has 1 aromatic heterocycles. The van der Waals surface area contributed by atoms with E-state index in [9.17, 15) is 0 Å². The van der Waals surface area contributed by atoms with Crippen LogP contribution in [-0.4, -0.2) is 93.5 Å². The minimum absolute atomic E-state index is 0.237. The first-order valence-electron chi connectivity index (χ1n) is 11.1. The molecular formula is C21H35N5O2S. The maximum atomic E-state index is 6.09. The molecule has 3 aliphatic heterocycles. The quantitative estimate of drug-likeness (QED) is 0.515. The van der Waals surface area contributed by atoms with Crippen LogP contribution in [0.1, 0.15) is 30.7 Å². The fourth-order valence-electron chi connectivity index (χ4n) is 4.49. The van der Waals surface area contributed by atoms with E-state index in [1.54, 1.807) is 0 Å². The molecule has 162 valence electrons. The van der Waals surface area contributed by atoms with Crippen LogP contribution in [-0.2, 0) is 9.47 Å². The van der Waals surface area contributed by atoms with Gasteiger partial charge in [0.1, 0.15) is 0 Å². The molecule has 8 heteroatoms. The summed E-state index contributed by atoms with van der Waals surface area (Å²) in [7, 11) is 0. The lowest BCUT2D eigenvalue weighted by atomic mass is 10.2. The molecule has 0 radical (unpaired) electrons. The Bertz CT molecular complexity index is 635. The lowest BCUT2D eigenvalue weighted by molar-refractivity contribution is -0.0453. The molecule has 0 spiro atoms. The minimum Gasteiger partial charge on any atom is -0.379 e. The van der Waals surface area contributed by atoms with Gasteiger partial charge in [-0.05, 0) is 37.8 Å². The number of aliphatic imine (C=N–C) groups is 1.